The molecule has 2 aliphatic heterocycles. The molecule has 4 rings (SSSR count). The van der Waals surface area contributed by atoms with Crippen LogP contribution in [0.25, 0.3) is 0 Å². The summed E-state index contributed by atoms with van der Waals surface area (Å²) in [6, 6.07) is 9.42. The van der Waals surface area contributed by atoms with E-state index in [1.54, 1.807) is 28.4 Å². The largest absolute Gasteiger partial charge is 0.480 e. The lowest BCUT2D eigenvalue weighted by Gasteiger charge is -2.33. The summed E-state index contributed by atoms with van der Waals surface area (Å²) >= 11 is 3.31. The Labute approximate surface area is 235 Å². The van der Waals surface area contributed by atoms with Crippen LogP contribution in [0.15, 0.2) is 30.3 Å². The summed E-state index contributed by atoms with van der Waals surface area (Å²) in [5.74, 6) is 2.00. The number of rotatable bonds is 12. The minimum Gasteiger partial charge on any atom is -0.480 e. The van der Waals surface area contributed by atoms with Gasteiger partial charge in [-0.2, -0.15) is 11.8 Å². The van der Waals surface area contributed by atoms with E-state index in [1.807, 2.05) is 6.07 Å². The van der Waals surface area contributed by atoms with Gasteiger partial charge in [0.05, 0.1) is 12.6 Å². The number of amides is 2. The van der Waals surface area contributed by atoms with Gasteiger partial charge in [0.1, 0.15) is 6.04 Å². The molecular formula is C28H42N4O4S2. The van der Waals surface area contributed by atoms with Gasteiger partial charge in [-0.15, -0.1) is 11.8 Å². The van der Waals surface area contributed by atoms with Gasteiger partial charge in [-0.25, -0.2) is 0 Å². The van der Waals surface area contributed by atoms with Crippen molar-refractivity contribution in [2.45, 2.75) is 69.6 Å². The topological polar surface area (TPSA) is 102 Å². The highest BCUT2D eigenvalue weighted by molar-refractivity contribution is 7.99. The lowest BCUT2D eigenvalue weighted by atomic mass is 9.91. The minimum absolute atomic E-state index is 0.0998. The molecule has 0 bridgehead atoms. The molecular weight excluding hydrogens is 520 g/mol. The number of carboxylic acids is 1. The Balaban J connectivity index is 1.29. The van der Waals surface area contributed by atoms with Gasteiger partial charge in [0.2, 0.25) is 11.8 Å². The Morgan fingerprint density at radius 1 is 1.05 bits per heavy atom. The summed E-state index contributed by atoms with van der Waals surface area (Å²) in [5, 5.41) is 15.4. The van der Waals surface area contributed by atoms with E-state index in [-0.39, 0.29) is 24.4 Å². The summed E-state index contributed by atoms with van der Waals surface area (Å²) in [6.07, 6.45) is 8.17. The molecule has 38 heavy (non-hydrogen) atoms. The van der Waals surface area contributed by atoms with Crippen LogP contribution in [-0.4, -0.2) is 93.6 Å². The van der Waals surface area contributed by atoms with Crippen LogP contribution in [0.5, 0.6) is 0 Å². The first-order valence-electron chi connectivity index (χ1n) is 14.0. The lowest BCUT2D eigenvalue weighted by Crippen LogP contribution is -2.56. The lowest BCUT2D eigenvalue weighted by molar-refractivity contribution is -0.139. The van der Waals surface area contributed by atoms with Gasteiger partial charge in [0.15, 0.2) is 0 Å². The summed E-state index contributed by atoms with van der Waals surface area (Å²) < 4.78 is 0. The number of aliphatic carboxylic acids is 1. The molecule has 1 saturated carbocycles. The van der Waals surface area contributed by atoms with Gasteiger partial charge >= 0.3 is 5.97 Å². The van der Waals surface area contributed by atoms with Crippen molar-refractivity contribution in [3.05, 3.63) is 35.9 Å². The number of hydrogen-bond acceptors (Lipinski definition) is 7. The second-order valence-electron chi connectivity index (χ2n) is 10.8. The highest BCUT2D eigenvalue weighted by atomic mass is 32.2. The normalized spacial score (nSPS) is 22.7. The number of piperidine rings is 1. The first-order valence-corrected chi connectivity index (χ1v) is 16.3. The zero-order valence-corrected chi connectivity index (χ0v) is 23.8. The van der Waals surface area contributed by atoms with E-state index in [2.05, 4.69) is 39.8 Å². The molecule has 2 atom stereocenters. The molecule has 1 aromatic rings. The van der Waals surface area contributed by atoms with Crippen LogP contribution >= 0.6 is 23.5 Å². The van der Waals surface area contributed by atoms with Crippen molar-refractivity contribution >= 4 is 41.3 Å². The number of carbonyl (C=O) groups excluding carboxylic acids is 2. The summed E-state index contributed by atoms with van der Waals surface area (Å²) in [4.78, 5) is 41.9. The van der Waals surface area contributed by atoms with Crippen LogP contribution in [0.2, 0.25) is 0 Å². The Morgan fingerprint density at radius 3 is 2.50 bits per heavy atom. The fraction of sp³-hybridized carbons (Fsp3) is 0.679. The van der Waals surface area contributed by atoms with E-state index >= 15 is 0 Å². The molecule has 3 fully saturated rings. The molecule has 0 spiro atoms. The second kappa shape index (κ2) is 15.1. The number of nitrogens with one attached hydrogen (secondary N) is 2. The molecule has 0 radical (unpaired) electrons. The number of thioether (sulfide) groups is 2. The van der Waals surface area contributed by atoms with Gasteiger partial charge in [-0.05, 0) is 42.9 Å². The molecule has 1 aromatic carbocycles. The van der Waals surface area contributed by atoms with E-state index in [9.17, 15) is 19.5 Å². The van der Waals surface area contributed by atoms with Crippen molar-refractivity contribution in [1.29, 1.82) is 0 Å². The third kappa shape index (κ3) is 9.17. The molecule has 10 heteroatoms. The maximum Gasteiger partial charge on any atom is 0.317 e. The van der Waals surface area contributed by atoms with Crippen LogP contribution in [0.3, 0.4) is 0 Å². The first-order chi connectivity index (χ1) is 18.5. The standard InChI is InChI=1S/C28H42N4O4S2/c33-26(34)16-32-20-38-19-25(32)28(36)30-24(18-37-17-22-9-5-2-6-10-22)27(35)29-23-11-13-31(14-12-23)15-21-7-3-1-4-8-21/h1,3-4,7-8,22-25H,2,5-6,9-20H2,(H,29,35)(H,30,36)(H,33,34)/t24-,25-/m0/s1. The molecule has 8 nitrogen and oxygen atoms in total. The molecule has 0 unspecified atom stereocenters. The molecule has 3 aliphatic rings. The smallest absolute Gasteiger partial charge is 0.317 e. The fourth-order valence-electron chi connectivity index (χ4n) is 5.58. The zero-order chi connectivity index (χ0) is 26.7. The van der Waals surface area contributed by atoms with Crippen molar-refractivity contribution in [3.63, 3.8) is 0 Å². The Bertz CT molecular complexity index is 907. The fourth-order valence-corrected chi connectivity index (χ4v) is 8.05. The monoisotopic (exact) mass is 562 g/mol. The van der Waals surface area contributed by atoms with Gasteiger partial charge in [0.25, 0.3) is 0 Å². The third-order valence-corrected chi connectivity index (χ3v) is 10.1. The van der Waals surface area contributed by atoms with Crippen LogP contribution in [0.1, 0.15) is 50.5 Å². The van der Waals surface area contributed by atoms with Crippen molar-refractivity contribution in [1.82, 2.24) is 20.4 Å². The quantitative estimate of drug-likeness (QED) is 0.357. The second-order valence-corrected chi connectivity index (χ2v) is 12.9. The van der Waals surface area contributed by atoms with E-state index in [0.717, 1.165) is 38.2 Å². The van der Waals surface area contributed by atoms with Crippen LogP contribution in [0.4, 0.5) is 0 Å². The van der Waals surface area contributed by atoms with Crippen molar-refractivity contribution in [2.24, 2.45) is 5.92 Å². The zero-order valence-electron chi connectivity index (χ0n) is 22.2. The van der Waals surface area contributed by atoms with Gasteiger partial charge in [0, 0.05) is 43.1 Å². The highest BCUT2D eigenvalue weighted by Gasteiger charge is 2.35. The van der Waals surface area contributed by atoms with Crippen molar-refractivity contribution in [3.8, 4) is 0 Å². The van der Waals surface area contributed by atoms with E-state index in [4.69, 9.17) is 0 Å². The molecule has 0 aromatic heterocycles. The SMILES string of the molecule is O=C(O)CN1CSC[C@H]1C(=O)N[C@@H](CSCC1CCCCC1)C(=O)NC1CCN(Cc2ccccc2)CC1. The number of benzene rings is 1. The number of hydrogen-bond donors (Lipinski definition) is 3. The molecule has 2 amide bonds. The number of carbonyl (C=O) groups is 3. The van der Waals surface area contributed by atoms with Crippen LogP contribution in [-0.2, 0) is 20.9 Å². The Morgan fingerprint density at radius 2 is 1.79 bits per heavy atom. The van der Waals surface area contributed by atoms with E-state index in [0.29, 0.717) is 23.3 Å². The maximum atomic E-state index is 13.4. The number of likely N-dealkylation sites (tertiary alicyclic amines) is 1. The van der Waals surface area contributed by atoms with Crippen LogP contribution in [0, 0.1) is 5.92 Å². The van der Waals surface area contributed by atoms with Crippen molar-refractivity contribution in [2.75, 3.05) is 42.8 Å². The predicted molar refractivity (Wildman–Crippen MR) is 154 cm³/mol. The van der Waals surface area contributed by atoms with Gasteiger partial charge in [-0.1, -0.05) is 49.6 Å². The molecule has 2 saturated heterocycles. The van der Waals surface area contributed by atoms with Crippen LogP contribution < -0.4 is 10.6 Å². The highest BCUT2D eigenvalue weighted by Crippen LogP contribution is 2.27. The number of carboxylic acid groups (broad SMARTS) is 1. The minimum atomic E-state index is -0.943. The predicted octanol–water partition coefficient (Wildman–Crippen LogP) is 3.03. The van der Waals surface area contributed by atoms with E-state index < -0.39 is 18.1 Å². The van der Waals surface area contributed by atoms with Crippen molar-refractivity contribution < 1.29 is 19.5 Å². The summed E-state index contributed by atoms with van der Waals surface area (Å²) in [5.41, 5.74) is 1.30. The molecule has 2 heterocycles. The Kier molecular flexibility index (Phi) is 11.7. The van der Waals surface area contributed by atoms with Gasteiger partial charge < -0.3 is 15.7 Å². The van der Waals surface area contributed by atoms with E-state index in [1.165, 1.54) is 37.7 Å². The first kappa shape index (κ1) is 29.2. The average molecular weight is 563 g/mol. The molecule has 1 aliphatic carbocycles. The summed E-state index contributed by atoms with van der Waals surface area (Å²) in [6.45, 7) is 2.61. The Hall–Kier alpha value is -1.75. The average Bonchev–Trinajstić information content (AvgIpc) is 3.38. The summed E-state index contributed by atoms with van der Waals surface area (Å²) in [7, 11) is 0. The van der Waals surface area contributed by atoms with Gasteiger partial charge in [-0.3, -0.25) is 24.2 Å². The third-order valence-electron chi connectivity index (χ3n) is 7.79. The molecule has 210 valence electrons. The number of nitrogens with zero attached hydrogens (tertiary/aromatic N) is 2. The molecule has 3 N–H and O–H groups in total. The maximum absolute atomic E-state index is 13.4.